The summed E-state index contributed by atoms with van der Waals surface area (Å²) in [4.78, 5) is 0. The van der Waals surface area contributed by atoms with Crippen LogP contribution in [0.2, 0.25) is 0 Å². The van der Waals surface area contributed by atoms with Crippen LogP contribution in [-0.4, -0.2) is 30.9 Å². The maximum Gasteiger partial charge on any atom is 0.276 e. The fourth-order valence-electron chi connectivity index (χ4n) is 2.35. The van der Waals surface area contributed by atoms with Crippen LogP contribution in [0.1, 0.15) is 38.9 Å². The fraction of sp³-hybridized carbons (Fsp3) is 0.692. The van der Waals surface area contributed by atoms with Crippen molar-refractivity contribution >= 4 is 10.0 Å². The summed E-state index contributed by atoms with van der Waals surface area (Å²) in [5.41, 5.74) is 0.184. The fourth-order valence-corrected chi connectivity index (χ4v) is 3.76. The smallest absolute Gasteiger partial charge is 0.276 e. The van der Waals surface area contributed by atoms with Gasteiger partial charge < -0.3 is 9.52 Å². The summed E-state index contributed by atoms with van der Waals surface area (Å²) >= 11 is 0. The third kappa shape index (κ3) is 3.19. The Labute approximate surface area is 114 Å². The first-order valence-corrected chi connectivity index (χ1v) is 7.99. The lowest BCUT2D eigenvalue weighted by molar-refractivity contribution is 0.235. The van der Waals surface area contributed by atoms with E-state index in [1.165, 1.54) is 16.4 Å². The highest BCUT2D eigenvalue weighted by atomic mass is 32.2. The molecule has 1 fully saturated rings. The van der Waals surface area contributed by atoms with Gasteiger partial charge in [-0.2, -0.15) is 4.31 Å². The van der Waals surface area contributed by atoms with Crippen LogP contribution in [0.3, 0.4) is 0 Å². The zero-order valence-corrected chi connectivity index (χ0v) is 12.2. The standard InChI is InChI=1S/C13H21NO4S/c1-13(2)6-3-8-14(9-7-13)19(16,17)12-5-4-11(10-15)18-12/h4-5,15H,3,6-10H2,1-2H3. The van der Waals surface area contributed by atoms with E-state index in [0.717, 1.165) is 19.3 Å². The largest absolute Gasteiger partial charge is 0.446 e. The van der Waals surface area contributed by atoms with E-state index in [9.17, 15) is 8.42 Å². The molecule has 0 saturated carbocycles. The van der Waals surface area contributed by atoms with Crippen LogP contribution in [0.5, 0.6) is 0 Å². The average molecular weight is 287 g/mol. The molecule has 1 aromatic rings. The molecular weight excluding hydrogens is 266 g/mol. The minimum Gasteiger partial charge on any atom is -0.446 e. The maximum atomic E-state index is 12.4. The summed E-state index contributed by atoms with van der Waals surface area (Å²) in [6, 6.07) is 2.91. The van der Waals surface area contributed by atoms with Gasteiger partial charge in [0.05, 0.1) is 0 Å². The SMILES string of the molecule is CC1(C)CCCN(S(=O)(=O)c2ccc(CO)o2)CC1. The molecule has 108 valence electrons. The summed E-state index contributed by atoms with van der Waals surface area (Å²) in [7, 11) is -3.57. The molecule has 6 heteroatoms. The third-order valence-corrected chi connectivity index (χ3v) is 5.46. The van der Waals surface area contributed by atoms with Gasteiger partial charge in [0, 0.05) is 13.1 Å². The van der Waals surface area contributed by atoms with Crippen molar-refractivity contribution in [3.05, 3.63) is 17.9 Å². The first-order chi connectivity index (χ1) is 8.85. The Hall–Kier alpha value is -0.850. The van der Waals surface area contributed by atoms with Crippen molar-refractivity contribution in [2.75, 3.05) is 13.1 Å². The second-order valence-corrected chi connectivity index (χ2v) is 7.67. The molecule has 0 spiro atoms. The lowest BCUT2D eigenvalue weighted by atomic mass is 9.85. The highest BCUT2D eigenvalue weighted by molar-refractivity contribution is 7.89. The molecule has 0 radical (unpaired) electrons. The molecule has 5 nitrogen and oxygen atoms in total. The van der Waals surface area contributed by atoms with Crippen molar-refractivity contribution < 1.29 is 17.9 Å². The number of rotatable bonds is 3. The molecule has 1 aromatic heterocycles. The zero-order chi connectivity index (χ0) is 14.1. The Morgan fingerprint density at radius 1 is 1.32 bits per heavy atom. The van der Waals surface area contributed by atoms with Crippen LogP contribution in [0, 0.1) is 5.41 Å². The van der Waals surface area contributed by atoms with Gasteiger partial charge in [-0.3, -0.25) is 0 Å². The number of aliphatic hydroxyl groups excluding tert-OH is 1. The predicted octanol–water partition coefficient (Wildman–Crippen LogP) is 1.97. The average Bonchev–Trinajstić information content (AvgIpc) is 2.75. The van der Waals surface area contributed by atoms with Gasteiger partial charge in [-0.1, -0.05) is 13.8 Å². The van der Waals surface area contributed by atoms with Crippen LogP contribution in [-0.2, 0) is 16.6 Å². The van der Waals surface area contributed by atoms with Crippen LogP contribution >= 0.6 is 0 Å². The first kappa shape index (κ1) is 14.6. The van der Waals surface area contributed by atoms with Gasteiger partial charge in [0.1, 0.15) is 12.4 Å². The van der Waals surface area contributed by atoms with Gasteiger partial charge in [-0.15, -0.1) is 0 Å². The van der Waals surface area contributed by atoms with Crippen molar-refractivity contribution in [2.24, 2.45) is 5.41 Å². The van der Waals surface area contributed by atoms with Crippen LogP contribution in [0.15, 0.2) is 21.6 Å². The molecule has 1 aliphatic rings. The topological polar surface area (TPSA) is 70.8 Å². The summed E-state index contributed by atoms with van der Waals surface area (Å²) in [6.07, 6.45) is 2.73. The van der Waals surface area contributed by atoms with Gasteiger partial charge in [0.2, 0.25) is 5.09 Å². The number of aliphatic hydroxyl groups is 1. The number of sulfonamides is 1. The second-order valence-electron chi connectivity index (χ2n) is 5.80. The maximum absolute atomic E-state index is 12.4. The monoisotopic (exact) mass is 287 g/mol. The van der Waals surface area contributed by atoms with Crippen molar-refractivity contribution in [1.29, 1.82) is 0 Å². The molecule has 1 aliphatic heterocycles. The number of hydrogen-bond donors (Lipinski definition) is 1. The molecule has 2 heterocycles. The van der Waals surface area contributed by atoms with E-state index in [4.69, 9.17) is 9.52 Å². The summed E-state index contributed by atoms with van der Waals surface area (Å²) in [6.45, 7) is 5.09. The molecule has 1 saturated heterocycles. The minimum absolute atomic E-state index is 0.0729. The van der Waals surface area contributed by atoms with E-state index in [-0.39, 0.29) is 22.9 Å². The number of nitrogens with zero attached hydrogens (tertiary/aromatic N) is 1. The molecule has 0 atom stereocenters. The van der Waals surface area contributed by atoms with Crippen LogP contribution in [0.4, 0.5) is 0 Å². The van der Waals surface area contributed by atoms with E-state index >= 15 is 0 Å². The van der Waals surface area contributed by atoms with E-state index in [2.05, 4.69) is 13.8 Å². The van der Waals surface area contributed by atoms with Gasteiger partial charge in [-0.05, 0) is 36.8 Å². The molecule has 0 aromatic carbocycles. The molecule has 0 unspecified atom stereocenters. The summed E-state index contributed by atoms with van der Waals surface area (Å²) in [5, 5.41) is 8.87. The Morgan fingerprint density at radius 3 is 2.68 bits per heavy atom. The Kier molecular flexibility index (Phi) is 4.03. The molecule has 0 bridgehead atoms. The summed E-state index contributed by atoms with van der Waals surface area (Å²) in [5.74, 6) is 0.272. The molecule has 0 amide bonds. The van der Waals surface area contributed by atoms with Crippen molar-refractivity contribution in [3.63, 3.8) is 0 Å². The highest BCUT2D eigenvalue weighted by Crippen LogP contribution is 2.32. The van der Waals surface area contributed by atoms with Crippen molar-refractivity contribution in [2.45, 2.75) is 44.8 Å². The van der Waals surface area contributed by atoms with Crippen LogP contribution < -0.4 is 0 Å². The Balaban J connectivity index is 2.20. The normalized spacial score (nSPS) is 21.2. The van der Waals surface area contributed by atoms with E-state index in [1.54, 1.807) is 0 Å². The van der Waals surface area contributed by atoms with Gasteiger partial charge in [-0.25, -0.2) is 8.42 Å². The highest BCUT2D eigenvalue weighted by Gasteiger charge is 2.32. The van der Waals surface area contributed by atoms with Crippen LogP contribution in [0.25, 0.3) is 0 Å². The van der Waals surface area contributed by atoms with E-state index in [0.29, 0.717) is 13.1 Å². The molecule has 19 heavy (non-hydrogen) atoms. The van der Waals surface area contributed by atoms with E-state index < -0.39 is 10.0 Å². The van der Waals surface area contributed by atoms with Crippen molar-refractivity contribution in [1.82, 2.24) is 4.31 Å². The quantitative estimate of drug-likeness (QED) is 0.922. The Bertz CT molecular complexity index is 533. The van der Waals surface area contributed by atoms with Gasteiger partial charge >= 0.3 is 0 Å². The minimum atomic E-state index is -3.57. The van der Waals surface area contributed by atoms with Gasteiger partial charge in [0.15, 0.2) is 0 Å². The first-order valence-electron chi connectivity index (χ1n) is 6.55. The van der Waals surface area contributed by atoms with Crippen molar-refractivity contribution in [3.8, 4) is 0 Å². The molecule has 2 rings (SSSR count). The predicted molar refractivity (Wildman–Crippen MR) is 71.0 cm³/mol. The lowest BCUT2D eigenvalue weighted by Gasteiger charge is -2.22. The summed E-state index contributed by atoms with van der Waals surface area (Å²) < 4.78 is 31.5. The number of furan rings is 1. The zero-order valence-electron chi connectivity index (χ0n) is 11.4. The second kappa shape index (κ2) is 5.26. The molecule has 1 N–H and O–H groups in total. The number of hydrogen-bond acceptors (Lipinski definition) is 4. The van der Waals surface area contributed by atoms with Gasteiger partial charge in [0.25, 0.3) is 10.0 Å². The molecule has 0 aliphatic carbocycles. The molecular formula is C13H21NO4S. The lowest BCUT2D eigenvalue weighted by Crippen LogP contribution is -2.32. The van der Waals surface area contributed by atoms with E-state index in [1.807, 2.05) is 0 Å². The Morgan fingerprint density at radius 2 is 2.05 bits per heavy atom. The third-order valence-electron chi connectivity index (χ3n) is 3.69.